The highest BCUT2D eigenvalue weighted by atomic mass is 32.1. The lowest BCUT2D eigenvalue weighted by molar-refractivity contribution is 0.871. The van der Waals surface area contributed by atoms with Crippen molar-refractivity contribution in [3.8, 4) is 123 Å². The zero-order valence-electron chi connectivity index (χ0n) is 39.7. The lowest BCUT2D eigenvalue weighted by atomic mass is 9.78. The van der Waals surface area contributed by atoms with Crippen LogP contribution >= 0.6 is 11.3 Å². The molecule has 0 unspecified atom stereocenters. The number of aromatic nitrogens is 2. The first-order chi connectivity index (χ1) is 34.9. The number of benzene rings is 9. The van der Waals surface area contributed by atoms with Crippen molar-refractivity contribution >= 4 is 31.5 Å². The summed E-state index contributed by atoms with van der Waals surface area (Å²) in [7, 11) is 0. The first kappa shape index (κ1) is 39.5. The van der Waals surface area contributed by atoms with Gasteiger partial charge in [-0.3, -0.25) is 9.97 Å². The highest BCUT2D eigenvalue weighted by Crippen LogP contribution is 2.52. The molecule has 3 heteroatoms. The quantitative estimate of drug-likeness (QED) is 0.176. The molecule has 9 aromatic carbocycles. The first-order valence-corrected chi connectivity index (χ1v) is 24.9. The van der Waals surface area contributed by atoms with Gasteiger partial charge in [0.1, 0.15) is 0 Å². The summed E-state index contributed by atoms with van der Waals surface area (Å²) in [5, 5.41) is 2.61. The minimum absolute atomic E-state index is 0.862. The fraction of sp³-hybridized carbons (Fsp3) is 0.0448. The van der Waals surface area contributed by atoms with E-state index in [1.54, 1.807) is 0 Å². The van der Waals surface area contributed by atoms with Crippen molar-refractivity contribution in [3.05, 3.63) is 230 Å². The highest BCUT2D eigenvalue weighted by molar-refractivity contribution is 7.26. The lowest BCUT2D eigenvalue weighted by Gasteiger charge is -2.25. The predicted molar refractivity (Wildman–Crippen MR) is 296 cm³/mol. The molecule has 3 heterocycles. The fourth-order valence-corrected chi connectivity index (χ4v) is 12.8. The maximum Gasteiger partial charge on any atom is 0.0970 e. The van der Waals surface area contributed by atoms with Crippen LogP contribution in [0.4, 0.5) is 0 Å². The van der Waals surface area contributed by atoms with Gasteiger partial charge >= 0.3 is 0 Å². The van der Waals surface area contributed by atoms with Gasteiger partial charge in [0.15, 0.2) is 0 Å². The van der Waals surface area contributed by atoms with E-state index in [0.717, 1.165) is 72.6 Å². The summed E-state index contributed by atoms with van der Waals surface area (Å²) in [6, 6.07) is 77.7. The number of pyridine rings is 2. The number of rotatable bonds is 4. The molecule has 12 aromatic rings. The molecule has 0 N–H and O–H groups in total. The van der Waals surface area contributed by atoms with Crippen molar-refractivity contribution < 1.29 is 1.37 Å². The van der Waals surface area contributed by atoms with Crippen LogP contribution < -0.4 is 0 Å². The zero-order valence-corrected chi connectivity index (χ0v) is 39.5. The molecule has 14 rings (SSSR count). The van der Waals surface area contributed by atoms with E-state index < -0.39 is 5.89 Å². The summed E-state index contributed by atoms with van der Waals surface area (Å²) in [5.74, 6) is -0.952. The van der Waals surface area contributed by atoms with Gasteiger partial charge in [-0.05, 0) is 148 Å². The van der Waals surface area contributed by atoms with Gasteiger partial charge in [0, 0.05) is 45.1 Å². The van der Waals surface area contributed by atoms with E-state index in [9.17, 15) is 1.37 Å². The second kappa shape index (κ2) is 16.1. The largest absolute Gasteiger partial charge is 0.254 e. The molecular formula is C67H44N2S. The number of hydrogen-bond donors (Lipinski definition) is 0. The minimum atomic E-state index is -0.952. The van der Waals surface area contributed by atoms with Crippen LogP contribution in [0.3, 0.4) is 0 Å². The van der Waals surface area contributed by atoms with Gasteiger partial charge in [-0.1, -0.05) is 190 Å². The van der Waals surface area contributed by atoms with Crippen molar-refractivity contribution in [3.63, 3.8) is 0 Å². The molecule has 0 fully saturated rings. The van der Waals surface area contributed by atoms with Gasteiger partial charge in [0.05, 0.1) is 11.4 Å². The topological polar surface area (TPSA) is 25.8 Å². The third kappa shape index (κ3) is 6.25. The van der Waals surface area contributed by atoms with E-state index >= 15 is 0 Å². The van der Waals surface area contributed by atoms with Crippen LogP contribution in [-0.4, -0.2) is 9.97 Å². The monoisotopic (exact) mass is 909 g/mol. The van der Waals surface area contributed by atoms with Gasteiger partial charge in [-0.15, -0.1) is 11.3 Å². The molecular weight excluding hydrogens is 865 g/mol. The first-order valence-electron chi connectivity index (χ1n) is 24.5. The van der Waals surface area contributed by atoms with Crippen LogP contribution in [0.15, 0.2) is 225 Å². The number of fused-ring (bicyclic) bond motifs is 19. The summed E-state index contributed by atoms with van der Waals surface area (Å²) in [6.07, 6.45) is 3.72. The SMILES string of the molecule is [2H]C(C)(C)c1c(-c2ccc3c(c2)-c2ccccc2-c2ccccc2-c2cc(-c4cccc5c4sc4ccccc45)ccc2-3)cccc1-c1ccc2c(c1)-c1cccnc1-c1ncccc1-c1ccccc1-2. The smallest absolute Gasteiger partial charge is 0.0970 e. The van der Waals surface area contributed by atoms with Crippen molar-refractivity contribution in [1.29, 1.82) is 0 Å². The summed E-state index contributed by atoms with van der Waals surface area (Å²) in [4.78, 5) is 9.91. The Morgan fingerprint density at radius 2 is 0.686 bits per heavy atom. The summed E-state index contributed by atoms with van der Waals surface area (Å²) in [6.45, 7) is 4.04. The molecule has 0 amide bonds. The number of nitrogens with zero attached hydrogens (tertiary/aromatic N) is 2. The lowest BCUT2D eigenvalue weighted by Crippen LogP contribution is -2.01. The molecule has 2 aliphatic carbocycles. The fourth-order valence-electron chi connectivity index (χ4n) is 11.5. The molecule has 70 heavy (non-hydrogen) atoms. The van der Waals surface area contributed by atoms with Crippen LogP contribution in [0.1, 0.15) is 26.7 Å². The minimum Gasteiger partial charge on any atom is -0.254 e. The average Bonchev–Trinajstić information content (AvgIpc) is 3.81. The van der Waals surface area contributed by atoms with E-state index in [1.807, 2.05) is 49.7 Å². The number of hydrogen-bond acceptors (Lipinski definition) is 3. The highest BCUT2D eigenvalue weighted by Gasteiger charge is 2.27. The zero-order chi connectivity index (χ0) is 47.4. The standard InChI is InChI=1S/C67H44N2S/c1-40(2)64-44(22-11-23-45(64)42-29-32-53-49-17-3-6-18-50(49)57-26-13-35-68-65(57)66-58(62(53)38-42)27-14-36-69-66)41-30-33-54-55-34-31-43(46-24-12-25-59-56-21-9-10-28-63(56)70-67(46)59)39-61(55)52-20-8-5-16-48(52)47-15-4-7-19-51(47)60(54)37-41/h3-40H,1-2H3/i40D. The normalized spacial score (nSPS) is 12.3. The van der Waals surface area contributed by atoms with Crippen LogP contribution in [-0.2, 0) is 0 Å². The van der Waals surface area contributed by atoms with Crippen molar-refractivity contribution in [2.45, 2.75) is 19.7 Å². The Hall–Kier alpha value is -8.50. The third-order valence-electron chi connectivity index (χ3n) is 14.6. The molecule has 2 aliphatic rings. The summed E-state index contributed by atoms with van der Waals surface area (Å²) >= 11 is 1.88. The van der Waals surface area contributed by atoms with Gasteiger partial charge in [-0.2, -0.15) is 0 Å². The van der Waals surface area contributed by atoms with Gasteiger partial charge in [0.25, 0.3) is 0 Å². The van der Waals surface area contributed by atoms with E-state index in [4.69, 9.17) is 9.97 Å². The molecule has 0 atom stereocenters. The Morgan fingerprint density at radius 1 is 0.329 bits per heavy atom. The third-order valence-corrected chi connectivity index (χ3v) is 15.8. The maximum absolute atomic E-state index is 9.90. The van der Waals surface area contributed by atoms with Gasteiger partial charge < -0.3 is 0 Å². The molecule has 0 bridgehead atoms. The summed E-state index contributed by atoms with van der Waals surface area (Å²) < 4.78 is 12.5. The van der Waals surface area contributed by atoms with Crippen LogP contribution in [0.5, 0.6) is 0 Å². The second-order valence-corrected chi connectivity index (χ2v) is 19.8. The van der Waals surface area contributed by atoms with Crippen molar-refractivity contribution in [2.75, 3.05) is 0 Å². The number of thiophene rings is 1. The van der Waals surface area contributed by atoms with E-state index in [-0.39, 0.29) is 0 Å². The Bertz CT molecular complexity index is 4170. The molecule has 328 valence electrons. The summed E-state index contributed by atoms with van der Waals surface area (Å²) in [5.41, 5.74) is 25.6. The van der Waals surface area contributed by atoms with E-state index in [2.05, 4.69) is 200 Å². The van der Waals surface area contributed by atoms with E-state index in [1.165, 1.54) is 75.8 Å². The van der Waals surface area contributed by atoms with Crippen molar-refractivity contribution in [1.82, 2.24) is 9.97 Å². The molecule has 0 radical (unpaired) electrons. The Morgan fingerprint density at radius 3 is 1.21 bits per heavy atom. The molecule has 0 spiro atoms. The molecule has 3 aromatic heterocycles. The second-order valence-electron chi connectivity index (χ2n) is 18.7. The van der Waals surface area contributed by atoms with Crippen LogP contribution in [0.25, 0.3) is 143 Å². The van der Waals surface area contributed by atoms with E-state index in [0.29, 0.717) is 0 Å². The molecule has 0 aliphatic heterocycles. The molecule has 0 saturated carbocycles. The van der Waals surface area contributed by atoms with Crippen LogP contribution in [0.2, 0.25) is 0 Å². The van der Waals surface area contributed by atoms with Crippen molar-refractivity contribution in [2.24, 2.45) is 0 Å². The predicted octanol–water partition coefficient (Wildman–Crippen LogP) is 18.9. The van der Waals surface area contributed by atoms with Crippen LogP contribution in [0, 0.1) is 0 Å². The Labute approximate surface area is 413 Å². The average molecular weight is 910 g/mol. The van der Waals surface area contributed by atoms with Gasteiger partial charge in [-0.25, -0.2) is 0 Å². The Kier molecular flexibility index (Phi) is 9.06. The van der Waals surface area contributed by atoms with Gasteiger partial charge in [0.2, 0.25) is 0 Å². The molecule has 0 saturated heterocycles. The molecule has 2 nitrogen and oxygen atoms in total. The maximum atomic E-state index is 9.90. The Balaban J connectivity index is 0.960.